The van der Waals surface area contributed by atoms with Crippen molar-refractivity contribution in [2.45, 2.75) is 34.1 Å². The minimum Gasteiger partial charge on any atom is -0.241 e. The van der Waals surface area contributed by atoms with Gasteiger partial charge >= 0.3 is 0 Å². The molecule has 0 fully saturated rings. The van der Waals surface area contributed by atoms with E-state index in [1.165, 1.54) is 0 Å². The lowest BCUT2D eigenvalue weighted by molar-refractivity contribution is 0.481. The lowest BCUT2D eigenvalue weighted by atomic mass is 10.0. The van der Waals surface area contributed by atoms with Crippen LogP contribution in [0.2, 0.25) is 0 Å². The maximum Gasteiger partial charge on any atom is 0.116 e. The van der Waals surface area contributed by atoms with Crippen LogP contribution in [0.3, 0.4) is 0 Å². The smallest absolute Gasteiger partial charge is 0.116 e. The Kier molecular flexibility index (Phi) is 5.00. The van der Waals surface area contributed by atoms with Crippen LogP contribution in [0, 0.1) is 5.41 Å². The predicted molar refractivity (Wildman–Crippen MR) is 72.4 cm³/mol. The van der Waals surface area contributed by atoms with Gasteiger partial charge in [0.15, 0.2) is 0 Å². The molecule has 0 aromatic carbocycles. The van der Waals surface area contributed by atoms with E-state index >= 15 is 0 Å². The Morgan fingerprint density at radius 1 is 1.31 bits per heavy atom. The third-order valence-electron chi connectivity index (χ3n) is 1.96. The van der Waals surface area contributed by atoms with Crippen molar-refractivity contribution in [3.05, 3.63) is 29.2 Å². The van der Waals surface area contributed by atoms with Crippen molar-refractivity contribution in [3.8, 4) is 0 Å². The first-order chi connectivity index (χ1) is 7.51. The van der Waals surface area contributed by atoms with Gasteiger partial charge in [-0.1, -0.05) is 27.7 Å². The van der Waals surface area contributed by atoms with Gasteiger partial charge in [0.25, 0.3) is 0 Å². The van der Waals surface area contributed by atoms with Crippen LogP contribution in [0.15, 0.2) is 17.8 Å². The first-order valence-electron chi connectivity index (χ1n) is 5.60. The normalized spacial score (nSPS) is 12.2. The molecule has 1 aromatic heterocycles. The van der Waals surface area contributed by atoms with E-state index in [0.717, 1.165) is 23.6 Å². The van der Waals surface area contributed by atoms with Crippen LogP contribution in [0.1, 0.15) is 39.1 Å². The molecule has 0 saturated carbocycles. The third kappa shape index (κ3) is 5.31. The minimum atomic E-state index is 0.370. The van der Waals surface area contributed by atoms with E-state index in [0.29, 0.717) is 5.41 Å². The molecular formula is C13H20N2S. The maximum atomic E-state index is 4.21. The summed E-state index contributed by atoms with van der Waals surface area (Å²) in [6, 6.07) is 2.04. The molecule has 0 unspecified atom stereocenters. The van der Waals surface area contributed by atoms with Crippen molar-refractivity contribution in [3.63, 3.8) is 0 Å². The molecule has 3 heteroatoms. The molecule has 1 rings (SSSR count). The summed E-state index contributed by atoms with van der Waals surface area (Å²) < 4.78 is 0. The standard InChI is InChI=1S/C13H20N2S/c1-5-11-8-12(15-10-14-11)6-7-16-9-13(2,3)4/h6-8,10H,5,9H2,1-4H3/b7-6+. The van der Waals surface area contributed by atoms with Crippen molar-refractivity contribution >= 4 is 17.8 Å². The Bertz CT molecular complexity index is 353. The zero-order valence-electron chi connectivity index (χ0n) is 10.5. The molecule has 0 spiro atoms. The topological polar surface area (TPSA) is 25.8 Å². The van der Waals surface area contributed by atoms with Crippen molar-refractivity contribution in [2.75, 3.05) is 5.75 Å². The zero-order valence-corrected chi connectivity index (χ0v) is 11.3. The lowest BCUT2D eigenvalue weighted by Crippen LogP contribution is -2.07. The SMILES string of the molecule is CCc1cc(/C=C/SCC(C)(C)C)ncn1. The van der Waals surface area contributed by atoms with Crippen molar-refractivity contribution in [2.24, 2.45) is 5.41 Å². The highest BCUT2D eigenvalue weighted by Crippen LogP contribution is 2.21. The van der Waals surface area contributed by atoms with E-state index in [4.69, 9.17) is 0 Å². The van der Waals surface area contributed by atoms with Gasteiger partial charge in [-0.25, -0.2) is 9.97 Å². The summed E-state index contributed by atoms with van der Waals surface area (Å²) >= 11 is 1.83. The Hall–Kier alpha value is -0.830. The number of aryl methyl sites for hydroxylation is 1. The molecule has 0 atom stereocenters. The second-order valence-corrected chi connectivity index (χ2v) is 5.86. The molecule has 16 heavy (non-hydrogen) atoms. The van der Waals surface area contributed by atoms with Crippen LogP contribution in [0.5, 0.6) is 0 Å². The number of nitrogens with zero attached hydrogens (tertiary/aromatic N) is 2. The van der Waals surface area contributed by atoms with Crippen LogP contribution in [-0.2, 0) is 6.42 Å². The van der Waals surface area contributed by atoms with Crippen LogP contribution in [0.25, 0.3) is 6.08 Å². The van der Waals surface area contributed by atoms with Crippen LogP contribution < -0.4 is 0 Å². The van der Waals surface area contributed by atoms with E-state index in [1.807, 2.05) is 17.8 Å². The van der Waals surface area contributed by atoms with Gasteiger partial charge in [-0.15, -0.1) is 11.8 Å². The number of rotatable bonds is 4. The Balaban J connectivity index is 2.49. The highest BCUT2D eigenvalue weighted by atomic mass is 32.2. The molecule has 0 saturated heterocycles. The summed E-state index contributed by atoms with van der Waals surface area (Å²) in [5.74, 6) is 1.12. The van der Waals surface area contributed by atoms with E-state index in [2.05, 4.69) is 49.1 Å². The van der Waals surface area contributed by atoms with E-state index in [1.54, 1.807) is 6.33 Å². The maximum absolute atomic E-state index is 4.21. The summed E-state index contributed by atoms with van der Waals surface area (Å²) in [6.45, 7) is 8.83. The number of thioether (sulfide) groups is 1. The van der Waals surface area contributed by atoms with Crippen LogP contribution in [-0.4, -0.2) is 15.7 Å². The molecule has 0 bridgehead atoms. The van der Waals surface area contributed by atoms with Gasteiger partial charge in [0.1, 0.15) is 6.33 Å². The second-order valence-electron chi connectivity index (χ2n) is 4.96. The van der Waals surface area contributed by atoms with Gasteiger partial charge in [-0.2, -0.15) is 0 Å². The zero-order chi connectivity index (χ0) is 12.0. The predicted octanol–water partition coefficient (Wildman–Crippen LogP) is 3.79. The van der Waals surface area contributed by atoms with Crippen LogP contribution >= 0.6 is 11.8 Å². The van der Waals surface area contributed by atoms with Crippen molar-refractivity contribution in [1.29, 1.82) is 0 Å². The molecule has 0 N–H and O–H groups in total. The molecule has 0 aliphatic carbocycles. The summed E-state index contributed by atoms with van der Waals surface area (Å²) in [5, 5.41) is 2.12. The fourth-order valence-corrected chi connectivity index (χ4v) is 1.95. The average molecular weight is 236 g/mol. The highest BCUT2D eigenvalue weighted by molar-refractivity contribution is 8.02. The molecule has 1 aromatic rings. The number of hydrogen-bond acceptors (Lipinski definition) is 3. The second kappa shape index (κ2) is 6.04. The molecule has 0 radical (unpaired) electrons. The fraction of sp³-hybridized carbons (Fsp3) is 0.538. The summed E-state index contributed by atoms with van der Waals surface area (Å²) in [5.41, 5.74) is 2.46. The van der Waals surface area contributed by atoms with Gasteiger partial charge in [-0.3, -0.25) is 0 Å². The number of aromatic nitrogens is 2. The molecule has 0 aliphatic rings. The van der Waals surface area contributed by atoms with Crippen LogP contribution in [0.4, 0.5) is 0 Å². The Morgan fingerprint density at radius 3 is 2.69 bits per heavy atom. The van der Waals surface area contributed by atoms with E-state index in [-0.39, 0.29) is 0 Å². The molecule has 1 heterocycles. The molecule has 88 valence electrons. The van der Waals surface area contributed by atoms with E-state index < -0.39 is 0 Å². The third-order valence-corrected chi connectivity index (χ3v) is 3.32. The van der Waals surface area contributed by atoms with Gasteiger partial charge in [0.2, 0.25) is 0 Å². The Labute approximate surface area is 103 Å². The lowest BCUT2D eigenvalue weighted by Gasteiger charge is -2.15. The summed E-state index contributed by atoms with van der Waals surface area (Å²) in [7, 11) is 0. The molecular weight excluding hydrogens is 216 g/mol. The Morgan fingerprint density at radius 2 is 2.06 bits per heavy atom. The monoisotopic (exact) mass is 236 g/mol. The average Bonchev–Trinajstić information content (AvgIpc) is 2.23. The largest absolute Gasteiger partial charge is 0.241 e. The fourth-order valence-electron chi connectivity index (χ4n) is 1.12. The molecule has 2 nitrogen and oxygen atoms in total. The highest BCUT2D eigenvalue weighted by Gasteiger charge is 2.08. The number of hydrogen-bond donors (Lipinski definition) is 0. The quantitative estimate of drug-likeness (QED) is 0.795. The van der Waals surface area contributed by atoms with Gasteiger partial charge in [-0.05, 0) is 29.4 Å². The first-order valence-corrected chi connectivity index (χ1v) is 6.65. The van der Waals surface area contributed by atoms with Gasteiger partial charge in [0.05, 0.1) is 5.69 Å². The molecule has 0 amide bonds. The van der Waals surface area contributed by atoms with Gasteiger partial charge < -0.3 is 0 Å². The molecule has 0 aliphatic heterocycles. The van der Waals surface area contributed by atoms with Gasteiger partial charge in [0, 0.05) is 11.4 Å². The summed E-state index contributed by atoms with van der Waals surface area (Å²) in [6.07, 6.45) is 4.64. The minimum absolute atomic E-state index is 0.370. The van der Waals surface area contributed by atoms with Crippen molar-refractivity contribution in [1.82, 2.24) is 9.97 Å². The summed E-state index contributed by atoms with van der Waals surface area (Å²) in [4.78, 5) is 8.38. The van der Waals surface area contributed by atoms with Crippen molar-refractivity contribution < 1.29 is 0 Å². The van der Waals surface area contributed by atoms with E-state index in [9.17, 15) is 0 Å². The first kappa shape index (κ1) is 13.2.